The molecule has 3 saturated heterocycles. The van der Waals surface area contributed by atoms with E-state index in [0.717, 1.165) is 30.8 Å². The van der Waals surface area contributed by atoms with Gasteiger partial charge in [-0.1, -0.05) is 13.0 Å². The summed E-state index contributed by atoms with van der Waals surface area (Å²) < 4.78 is 47.6. The number of imide groups is 1. The van der Waals surface area contributed by atoms with Crippen molar-refractivity contribution in [2.75, 3.05) is 59.8 Å². The quantitative estimate of drug-likeness (QED) is 0.142. The van der Waals surface area contributed by atoms with E-state index in [-0.39, 0.29) is 35.9 Å². The molecule has 0 spiro atoms. The highest BCUT2D eigenvalue weighted by molar-refractivity contribution is 7.81. The Morgan fingerprint density at radius 3 is 2.41 bits per heavy atom. The Morgan fingerprint density at radius 2 is 1.74 bits per heavy atom. The van der Waals surface area contributed by atoms with E-state index in [1.807, 2.05) is 32.0 Å². The number of benzene rings is 3. The number of amides is 4. The zero-order chi connectivity index (χ0) is 41.9. The van der Waals surface area contributed by atoms with Crippen LogP contribution in [0.3, 0.4) is 0 Å². The van der Waals surface area contributed by atoms with Crippen molar-refractivity contribution in [3.05, 3.63) is 77.4 Å². The summed E-state index contributed by atoms with van der Waals surface area (Å²) in [5.74, 6) is -0.550. The minimum Gasteiger partial charge on any atom is -0.492 e. The van der Waals surface area contributed by atoms with Crippen molar-refractivity contribution in [1.82, 2.24) is 15.1 Å². The average Bonchev–Trinajstić information content (AvgIpc) is 3.37. The first-order valence-electron chi connectivity index (χ1n) is 19.2. The molecule has 0 bridgehead atoms. The van der Waals surface area contributed by atoms with Crippen LogP contribution in [0.2, 0.25) is 0 Å². The number of thiol groups is 1. The first-order valence-corrected chi connectivity index (χ1v) is 19.7. The third-order valence-corrected chi connectivity index (χ3v) is 11.4. The molecule has 3 atom stereocenters. The Labute approximate surface area is 340 Å². The van der Waals surface area contributed by atoms with Gasteiger partial charge in [0.2, 0.25) is 17.7 Å². The molecular weight excluding hydrogens is 774 g/mol. The highest BCUT2D eigenvalue weighted by Gasteiger charge is 2.52. The first-order chi connectivity index (χ1) is 27.5. The third-order valence-electron chi connectivity index (χ3n) is 10.9. The fourth-order valence-corrected chi connectivity index (χ4v) is 8.21. The van der Waals surface area contributed by atoms with Crippen LogP contribution in [0.4, 0.5) is 35.9 Å². The van der Waals surface area contributed by atoms with E-state index in [2.05, 4.69) is 25.8 Å². The molecule has 58 heavy (non-hydrogen) atoms. The number of carbonyl (C=O) groups is 4. The number of nitrogens with one attached hydrogen (secondary N) is 3. The molecule has 6 rings (SSSR count). The number of aryl methyl sites for hydroxylation is 1. The lowest BCUT2D eigenvalue weighted by Crippen LogP contribution is -2.53. The molecule has 3 aromatic carbocycles. The molecule has 3 N–H and O–H groups in total. The zero-order valence-electron chi connectivity index (χ0n) is 32.7. The summed E-state index contributed by atoms with van der Waals surface area (Å²) in [7, 11) is 0. The molecule has 0 saturated carbocycles. The molecule has 3 aliphatic heterocycles. The number of alkyl halides is 3. The Balaban J connectivity index is 1.01. The lowest BCUT2D eigenvalue weighted by molar-refractivity contribution is -0.138. The summed E-state index contributed by atoms with van der Waals surface area (Å²) in [5.41, 5.74) is -0.940. The summed E-state index contributed by atoms with van der Waals surface area (Å²) in [6.07, 6.45) is -3.50. The summed E-state index contributed by atoms with van der Waals surface area (Å²) >= 11 is 4.72. The maximum Gasteiger partial charge on any atom is 0.417 e. The van der Waals surface area contributed by atoms with E-state index in [4.69, 9.17) is 17.4 Å². The van der Waals surface area contributed by atoms with Gasteiger partial charge in [0.25, 0.3) is 5.91 Å². The number of anilines is 4. The number of nitrogens with zero attached hydrogens (tertiary/aromatic N) is 5. The van der Waals surface area contributed by atoms with Crippen LogP contribution in [0.15, 0.2) is 60.7 Å². The predicted molar refractivity (Wildman–Crippen MR) is 217 cm³/mol. The molecule has 3 aromatic rings. The number of piperidine rings is 1. The fourth-order valence-electron chi connectivity index (χ4n) is 7.55. The molecule has 17 heteroatoms. The lowest BCUT2D eigenvalue weighted by atomic mass is 10.0. The first kappa shape index (κ1) is 42.3. The maximum atomic E-state index is 13.8. The fraction of sp³-hybridized carbons (Fsp3) is 0.439. The van der Waals surface area contributed by atoms with Gasteiger partial charge in [-0.3, -0.25) is 39.2 Å². The van der Waals surface area contributed by atoms with Crippen LogP contribution in [0, 0.1) is 11.3 Å². The standard InChI is InChI=1S/C41H47F3N8O5S/c1-5-26-21-31(52-39(58)51(38(56)40(52,3)4)30-10-9-27(24-45)32(23-30)41(42,43)44)11-13-34(26)57-20-19-49-15-17-50(18-16-49)25(2)36(54)47-29-8-6-7-28(22-29)46-33-12-14-35(53)48-37(33)55/h6-11,13,21-23,25,33,39,46,58H,5,12,14-20H2,1-4H3,(H,47,54)(H,48,53,55)/t25-,33-,39+/m1/s1. The smallest absolute Gasteiger partial charge is 0.417 e. The summed E-state index contributed by atoms with van der Waals surface area (Å²) in [4.78, 5) is 57.9. The van der Waals surface area contributed by atoms with E-state index in [0.29, 0.717) is 61.9 Å². The molecule has 0 radical (unpaired) electrons. The minimum absolute atomic E-state index is 0.00927. The van der Waals surface area contributed by atoms with Gasteiger partial charge in [-0.05, 0) is 93.8 Å². The van der Waals surface area contributed by atoms with Gasteiger partial charge in [0.05, 0.1) is 23.2 Å². The van der Waals surface area contributed by atoms with Crippen molar-refractivity contribution in [3.8, 4) is 11.8 Å². The van der Waals surface area contributed by atoms with Crippen molar-refractivity contribution in [1.29, 1.82) is 5.26 Å². The van der Waals surface area contributed by atoms with Gasteiger partial charge in [-0.2, -0.15) is 18.4 Å². The normalized spacial score (nSPS) is 20.7. The van der Waals surface area contributed by atoms with E-state index >= 15 is 0 Å². The number of piperazine rings is 1. The zero-order valence-corrected chi connectivity index (χ0v) is 33.6. The number of ether oxygens (including phenoxy) is 1. The number of hydrogen-bond donors (Lipinski definition) is 4. The van der Waals surface area contributed by atoms with Gasteiger partial charge in [0.1, 0.15) is 23.9 Å². The van der Waals surface area contributed by atoms with E-state index < -0.39 is 40.3 Å². The number of nitriles is 1. The topological polar surface area (TPSA) is 150 Å². The molecule has 0 aromatic heterocycles. The Hall–Kier alpha value is -5.31. The van der Waals surface area contributed by atoms with Crippen molar-refractivity contribution >= 4 is 59.0 Å². The lowest BCUT2D eigenvalue weighted by Gasteiger charge is -2.37. The van der Waals surface area contributed by atoms with E-state index in [1.165, 1.54) is 11.0 Å². The van der Waals surface area contributed by atoms with E-state index in [1.54, 1.807) is 49.1 Å². The number of carbonyl (C=O) groups excluding carboxylic acids is 4. The highest BCUT2D eigenvalue weighted by atomic mass is 32.1. The maximum absolute atomic E-state index is 13.8. The average molecular weight is 821 g/mol. The molecular formula is C41H47F3N8O5S. The Bertz CT molecular complexity index is 2100. The second-order valence-corrected chi connectivity index (χ2v) is 15.5. The molecule has 3 heterocycles. The molecule has 13 nitrogen and oxygen atoms in total. The van der Waals surface area contributed by atoms with Crippen LogP contribution < -0.4 is 30.5 Å². The van der Waals surface area contributed by atoms with Gasteiger partial charge in [0.15, 0.2) is 5.50 Å². The third kappa shape index (κ3) is 9.04. The van der Waals surface area contributed by atoms with Gasteiger partial charge >= 0.3 is 6.18 Å². The Kier molecular flexibility index (Phi) is 12.6. The van der Waals surface area contributed by atoms with E-state index in [9.17, 15) is 37.6 Å². The van der Waals surface area contributed by atoms with Crippen LogP contribution in [0.1, 0.15) is 57.2 Å². The van der Waals surface area contributed by atoms with Gasteiger partial charge in [0, 0.05) is 61.9 Å². The largest absolute Gasteiger partial charge is 0.492 e. The monoisotopic (exact) mass is 820 g/mol. The van der Waals surface area contributed by atoms with Crippen molar-refractivity contribution < 1.29 is 37.1 Å². The molecule has 4 amide bonds. The minimum atomic E-state index is -4.78. The number of rotatable bonds is 12. The Morgan fingerprint density at radius 1 is 1.03 bits per heavy atom. The van der Waals surface area contributed by atoms with Gasteiger partial charge < -0.3 is 20.3 Å². The van der Waals surface area contributed by atoms with Crippen LogP contribution in [0.5, 0.6) is 5.75 Å². The van der Waals surface area contributed by atoms with Crippen molar-refractivity contribution in [2.45, 2.75) is 76.3 Å². The second-order valence-electron chi connectivity index (χ2n) is 15.1. The second kappa shape index (κ2) is 17.3. The van der Waals surface area contributed by atoms with Crippen molar-refractivity contribution in [3.63, 3.8) is 0 Å². The number of halogens is 3. The van der Waals surface area contributed by atoms with Crippen LogP contribution >= 0.6 is 12.6 Å². The molecule has 0 aliphatic carbocycles. The van der Waals surface area contributed by atoms with Crippen molar-refractivity contribution in [2.24, 2.45) is 0 Å². The number of hydrogen-bond acceptors (Lipinski definition) is 11. The summed E-state index contributed by atoms with van der Waals surface area (Å²) in [6.45, 7) is 11.2. The van der Waals surface area contributed by atoms with Gasteiger partial charge in [-0.15, -0.1) is 12.6 Å². The molecule has 3 aliphatic rings. The van der Waals surface area contributed by atoms with Gasteiger partial charge in [-0.25, -0.2) is 0 Å². The van der Waals surface area contributed by atoms with Crippen LogP contribution in [-0.4, -0.2) is 95.9 Å². The molecule has 308 valence electrons. The highest BCUT2D eigenvalue weighted by Crippen LogP contribution is 2.43. The SMILES string of the molecule is CCc1cc(N2[C@@H](S)N(c3ccc(C#N)c(C(F)(F)F)c3)C(=O)C2(C)C)ccc1OCCN1CCN([C@H](C)C(=O)Nc2cccc(N[C@@H]3CCC(=O)NC3=O)c2)CC1. The predicted octanol–water partition coefficient (Wildman–Crippen LogP) is 5.23. The van der Waals surface area contributed by atoms with Crippen LogP contribution in [-0.2, 0) is 31.8 Å². The summed E-state index contributed by atoms with van der Waals surface area (Å²) in [5, 5.41) is 17.7. The molecule has 0 unspecified atom stereocenters. The summed E-state index contributed by atoms with van der Waals surface area (Å²) in [6, 6.07) is 16.6. The van der Waals surface area contributed by atoms with Crippen LogP contribution in [0.25, 0.3) is 0 Å². The molecule has 3 fully saturated rings.